The van der Waals surface area contributed by atoms with Crippen LogP contribution in [-0.2, 0) is 18.3 Å². The normalized spacial score (nSPS) is 15.5. The van der Waals surface area contributed by atoms with Crippen LogP contribution in [0.4, 0.5) is 10.5 Å². The second kappa shape index (κ2) is 11.8. The Kier molecular flexibility index (Phi) is 8.04. The summed E-state index contributed by atoms with van der Waals surface area (Å²) in [5, 5.41) is 5.83. The van der Waals surface area contributed by atoms with Crippen LogP contribution in [0.2, 0.25) is 0 Å². The van der Waals surface area contributed by atoms with Crippen molar-refractivity contribution in [3.63, 3.8) is 0 Å². The monoisotopic (exact) mass is 543 g/mol. The number of nitrogens with zero attached hydrogens (tertiary/aromatic N) is 5. The number of benzene rings is 1. The van der Waals surface area contributed by atoms with E-state index in [0.29, 0.717) is 24.3 Å². The van der Waals surface area contributed by atoms with Crippen molar-refractivity contribution in [2.45, 2.75) is 13.5 Å². The standard InChI is InChI=1S/C29H33N7O4/c1-4-40-29(39)33-28-31-17-22-13-21(19-7-8-35(3)26(38)15-19)14-23(27(22)32-28)24-6-5-20(16-30-24)25(37)18-36-11-9-34(2)10-12-36/h5-8,13-16H,4,9-12,17-18H2,1-3H3,(H2,31,32,33,39). The number of ether oxygens (including phenoxy) is 1. The molecule has 11 heteroatoms. The molecule has 0 atom stereocenters. The number of rotatable bonds is 6. The van der Waals surface area contributed by atoms with Gasteiger partial charge in [-0.1, -0.05) is 0 Å². The number of carbonyl (C=O) groups is 2. The van der Waals surface area contributed by atoms with Gasteiger partial charge in [-0.3, -0.25) is 24.8 Å². The van der Waals surface area contributed by atoms with Crippen LogP contribution in [0.15, 0.2) is 58.6 Å². The van der Waals surface area contributed by atoms with Gasteiger partial charge < -0.3 is 19.5 Å². The van der Waals surface area contributed by atoms with Gasteiger partial charge in [-0.2, -0.15) is 0 Å². The number of amides is 1. The Labute approximate surface area is 232 Å². The highest BCUT2D eigenvalue weighted by molar-refractivity contribution is 6.06. The number of guanidine groups is 1. The van der Waals surface area contributed by atoms with E-state index in [2.05, 4.69) is 37.5 Å². The number of nitrogens with one attached hydrogen (secondary N) is 2. The van der Waals surface area contributed by atoms with Crippen molar-refractivity contribution in [2.75, 3.05) is 51.7 Å². The van der Waals surface area contributed by atoms with E-state index in [1.807, 2.05) is 24.3 Å². The zero-order valence-corrected chi connectivity index (χ0v) is 22.9. The molecule has 2 aliphatic rings. The van der Waals surface area contributed by atoms with E-state index in [1.165, 1.54) is 4.57 Å². The van der Waals surface area contributed by atoms with Crippen molar-refractivity contribution in [3.8, 4) is 22.4 Å². The van der Waals surface area contributed by atoms with Crippen molar-refractivity contribution < 1.29 is 14.3 Å². The number of hydrogen-bond acceptors (Lipinski definition) is 9. The molecule has 0 bridgehead atoms. The van der Waals surface area contributed by atoms with E-state index < -0.39 is 6.09 Å². The molecule has 0 unspecified atom stereocenters. The van der Waals surface area contributed by atoms with Crippen LogP contribution in [0.3, 0.4) is 0 Å². The maximum absolute atomic E-state index is 13.0. The molecule has 5 rings (SSSR count). The third-order valence-electron chi connectivity index (χ3n) is 7.13. The molecular formula is C29H33N7O4. The summed E-state index contributed by atoms with van der Waals surface area (Å²) in [6.45, 7) is 6.26. The zero-order chi connectivity index (χ0) is 28.2. The summed E-state index contributed by atoms with van der Waals surface area (Å²) in [5.41, 5.74) is 5.05. The fourth-order valence-corrected chi connectivity index (χ4v) is 4.75. The first kappa shape index (κ1) is 27.2. The summed E-state index contributed by atoms with van der Waals surface area (Å²) >= 11 is 0. The maximum Gasteiger partial charge on any atom is 0.413 e. The molecule has 0 radical (unpaired) electrons. The predicted molar refractivity (Wildman–Crippen MR) is 154 cm³/mol. The highest BCUT2D eigenvalue weighted by Crippen LogP contribution is 2.37. The van der Waals surface area contributed by atoms with E-state index in [4.69, 9.17) is 4.74 Å². The largest absolute Gasteiger partial charge is 0.450 e. The van der Waals surface area contributed by atoms with Crippen LogP contribution in [0.25, 0.3) is 22.4 Å². The molecule has 1 amide bonds. The fourth-order valence-electron chi connectivity index (χ4n) is 4.75. The lowest BCUT2D eigenvalue weighted by molar-refractivity contribution is 0.0876. The Bertz CT molecular complexity index is 1510. The number of piperazine rings is 1. The molecule has 1 saturated heterocycles. The van der Waals surface area contributed by atoms with Crippen LogP contribution >= 0.6 is 0 Å². The van der Waals surface area contributed by atoms with Crippen LogP contribution in [-0.4, -0.2) is 83.6 Å². The van der Waals surface area contributed by atoms with Crippen LogP contribution in [0.1, 0.15) is 22.8 Å². The van der Waals surface area contributed by atoms with Gasteiger partial charge in [0.1, 0.15) is 0 Å². The number of fused-ring (bicyclic) bond motifs is 1. The number of pyridine rings is 2. The minimum Gasteiger partial charge on any atom is -0.450 e. The van der Waals surface area contributed by atoms with Crippen molar-refractivity contribution in [1.82, 2.24) is 24.7 Å². The molecule has 1 aromatic carbocycles. The molecule has 2 N–H and O–H groups in total. The number of Topliss-reactive ketones (excluding diaryl/α,β-unsaturated/α-hetero) is 1. The average molecular weight is 544 g/mol. The molecule has 2 aromatic heterocycles. The smallest absolute Gasteiger partial charge is 0.413 e. The van der Waals surface area contributed by atoms with Gasteiger partial charge in [0.15, 0.2) is 5.78 Å². The molecule has 4 heterocycles. The number of carbonyl (C=O) groups excluding carboxylic acids is 2. The number of aryl methyl sites for hydroxylation is 1. The lowest BCUT2D eigenvalue weighted by Gasteiger charge is -2.31. The Morgan fingerprint density at radius 3 is 2.55 bits per heavy atom. The summed E-state index contributed by atoms with van der Waals surface area (Å²) in [6.07, 6.45) is 2.74. The van der Waals surface area contributed by atoms with E-state index in [0.717, 1.165) is 54.1 Å². The third-order valence-corrected chi connectivity index (χ3v) is 7.13. The van der Waals surface area contributed by atoms with E-state index >= 15 is 0 Å². The number of hydrogen-bond donors (Lipinski definition) is 2. The summed E-state index contributed by atoms with van der Waals surface area (Å²) in [6, 6.07) is 11.0. The first-order chi connectivity index (χ1) is 19.3. The highest BCUT2D eigenvalue weighted by atomic mass is 16.5. The van der Waals surface area contributed by atoms with Gasteiger partial charge in [-0.05, 0) is 61.0 Å². The van der Waals surface area contributed by atoms with Gasteiger partial charge in [0.25, 0.3) is 5.56 Å². The Morgan fingerprint density at radius 2 is 1.85 bits per heavy atom. The van der Waals surface area contributed by atoms with Crippen LogP contribution < -0.4 is 16.2 Å². The van der Waals surface area contributed by atoms with Crippen molar-refractivity contribution in [1.29, 1.82) is 0 Å². The molecule has 11 nitrogen and oxygen atoms in total. The lowest BCUT2D eigenvalue weighted by atomic mass is 9.95. The first-order valence-corrected chi connectivity index (χ1v) is 13.3. The number of anilines is 1. The number of likely N-dealkylation sites (N-methyl/N-ethyl adjacent to an activating group) is 1. The predicted octanol–water partition coefficient (Wildman–Crippen LogP) is 2.57. The SMILES string of the molecule is CCOC(=O)NC1=NCc2cc(-c3ccn(C)c(=O)c3)cc(-c3ccc(C(=O)CN4CCN(C)CC4)cn3)c2N1. The van der Waals surface area contributed by atoms with Crippen LogP contribution in [0, 0.1) is 0 Å². The van der Waals surface area contributed by atoms with E-state index in [1.54, 1.807) is 38.5 Å². The molecule has 208 valence electrons. The number of alkyl carbamates (subject to hydrolysis) is 1. The summed E-state index contributed by atoms with van der Waals surface area (Å²) < 4.78 is 6.50. The van der Waals surface area contributed by atoms with Crippen molar-refractivity contribution >= 4 is 23.5 Å². The van der Waals surface area contributed by atoms with Gasteiger partial charge in [0, 0.05) is 62.8 Å². The van der Waals surface area contributed by atoms with Gasteiger partial charge in [0.2, 0.25) is 5.96 Å². The topological polar surface area (TPSA) is 121 Å². The number of aliphatic imine (C=N–C) groups is 1. The summed E-state index contributed by atoms with van der Waals surface area (Å²) in [7, 11) is 3.79. The lowest BCUT2D eigenvalue weighted by Crippen LogP contribution is -2.46. The minimum atomic E-state index is -0.600. The maximum atomic E-state index is 13.0. The minimum absolute atomic E-state index is 0.0331. The van der Waals surface area contributed by atoms with Gasteiger partial charge in [-0.15, -0.1) is 0 Å². The molecule has 0 spiro atoms. The highest BCUT2D eigenvalue weighted by Gasteiger charge is 2.22. The van der Waals surface area contributed by atoms with Crippen molar-refractivity contribution in [2.24, 2.45) is 12.0 Å². The van der Waals surface area contributed by atoms with Gasteiger partial charge >= 0.3 is 6.09 Å². The molecule has 0 aliphatic carbocycles. The van der Waals surface area contributed by atoms with Crippen molar-refractivity contribution in [3.05, 3.63) is 70.3 Å². The number of ketones is 1. The molecule has 1 fully saturated rings. The van der Waals surface area contributed by atoms with E-state index in [-0.39, 0.29) is 23.9 Å². The average Bonchev–Trinajstić information content (AvgIpc) is 2.95. The quantitative estimate of drug-likeness (QED) is 0.455. The van der Waals surface area contributed by atoms with Gasteiger partial charge in [-0.25, -0.2) is 9.79 Å². The van der Waals surface area contributed by atoms with E-state index in [9.17, 15) is 14.4 Å². The summed E-state index contributed by atoms with van der Waals surface area (Å²) in [5.74, 6) is 0.304. The Morgan fingerprint density at radius 1 is 1.05 bits per heavy atom. The molecule has 0 saturated carbocycles. The second-order valence-electron chi connectivity index (χ2n) is 9.99. The molecule has 2 aliphatic heterocycles. The molecule has 3 aromatic rings. The molecule has 40 heavy (non-hydrogen) atoms. The Hall–Kier alpha value is -4.35. The third kappa shape index (κ3) is 6.11. The van der Waals surface area contributed by atoms with Crippen LogP contribution in [0.5, 0.6) is 0 Å². The molecular weight excluding hydrogens is 510 g/mol. The zero-order valence-electron chi connectivity index (χ0n) is 22.9. The Balaban J connectivity index is 1.46. The number of aromatic nitrogens is 2. The fraction of sp³-hybridized carbons (Fsp3) is 0.345. The van der Waals surface area contributed by atoms with Gasteiger partial charge in [0.05, 0.1) is 31.1 Å². The first-order valence-electron chi connectivity index (χ1n) is 13.3. The summed E-state index contributed by atoms with van der Waals surface area (Å²) in [4.78, 5) is 50.8. The second-order valence-corrected chi connectivity index (χ2v) is 9.99.